The van der Waals surface area contributed by atoms with Crippen molar-refractivity contribution >= 4 is 17.7 Å². The number of carboxylic acid groups (broad SMARTS) is 1. The van der Waals surface area contributed by atoms with E-state index in [0.717, 1.165) is 6.08 Å². The quantitative estimate of drug-likeness (QED) is 0.281. The fraction of sp³-hybridized carbons (Fsp3) is 0.214. The average Bonchev–Trinajstić information content (AvgIpc) is 2.89. The molecule has 8 nitrogen and oxygen atoms in total. The first kappa shape index (κ1) is 26.3. The number of carboxylic acids is 1. The molecule has 0 spiro atoms. The third-order valence-electron chi connectivity index (χ3n) is 5.07. The van der Waals surface area contributed by atoms with E-state index in [-0.39, 0.29) is 13.2 Å². The van der Waals surface area contributed by atoms with Crippen molar-refractivity contribution in [2.45, 2.75) is 25.0 Å². The minimum atomic E-state index is -1.04. The number of hydrogen-bond donors (Lipinski definition) is 3. The Morgan fingerprint density at radius 3 is 2.19 bits per heavy atom. The lowest BCUT2D eigenvalue weighted by molar-refractivity contribution is -0.131. The molecule has 0 aliphatic carbocycles. The number of hydrogen-bond acceptors (Lipinski definition) is 6. The maximum absolute atomic E-state index is 12.8. The lowest BCUT2D eigenvalue weighted by Crippen LogP contribution is -2.31. The van der Waals surface area contributed by atoms with E-state index in [0.29, 0.717) is 35.6 Å². The normalized spacial score (nSPS) is 12.5. The molecule has 0 fully saturated rings. The third-order valence-corrected chi connectivity index (χ3v) is 5.07. The van der Waals surface area contributed by atoms with Gasteiger partial charge in [-0.25, -0.2) is 9.59 Å². The van der Waals surface area contributed by atoms with Crippen LogP contribution < -0.4 is 14.8 Å². The number of ether oxygens (including phenoxy) is 3. The second-order valence-electron chi connectivity index (χ2n) is 7.75. The maximum atomic E-state index is 12.8. The molecule has 8 heteroatoms. The standard InChI is InChI=1S/C28H29NO7/c30-19-20-34-23-17-15-21(16-18-23)27(36-28(33)29-22-9-3-1-4-10-22)25(13-7-8-14-26(31)32)35-24-11-5-2-6-12-24/h1-6,8-12,14-18,25,27,30H,7,13,19-20H2,(H,29,33)(H,31,32)/b14-8+/t25-,27-/m1/s1. The van der Waals surface area contributed by atoms with Gasteiger partial charge in [-0.05, 0) is 54.8 Å². The minimum absolute atomic E-state index is 0.107. The van der Waals surface area contributed by atoms with E-state index in [4.69, 9.17) is 24.4 Å². The largest absolute Gasteiger partial charge is 0.491 e. The first-order valence-corrected chi connectivity index (χ1v) is 11.5. The number of anilines is 1. The Morgan fingerprint density at radius 2 is 1.56 bits per heavy atom. The summed E-state index contributed by atoms with van der Waals surface area (Å²) in [5, 5.41) is 20.6. The van der Waals surface area contributed by atoms with Crippen LogP contribution in [0.25, 0.3) is 0 Å². The number of carbonyl (C=O) groups is 2. The lowest BCUT2D eigenvalue weighted by atomic mass is 10.00. The fourth-order valence-corrected chi connectivity index (χ4v) is 3.45. The van der Waals surface area contributed by atoms with Crippen molar-refractivity contribution in [3.63, 3.8) is 0 Å². The number of para-hydroxylation sites is 2. The van der Waals surface area contributed by atoms with E-state index in [1.807, 2.05) is 24.3 Å². The molecule has 3 aromatic carbocycles. The van der Waals surface area contributed by atoms with Gasteiger partial charge < -0.3 is 24.4 Å². The zero-order valence-corrected chi connectivity index (χ0v) is 19.7. The van der Waals surface area contributed by atoms with Crippen molar-refractivity contribution in [3.8, 4) is 11.5 Å². The number of aliphatic hydroxyl groups is 1. The van der Waals surface area contributed by atoms with Crippen molar-refractivity contribution in [2.75, 3.05) is 18.5 Å². The molecule has 0 aliphatic heterocycles. The number of allylic oxidation sites excluding steroid dienone is 1. The van der Waals surface area contributed by atoms with E-state index >= 15 is 0 Å². The highest BCUT2D eigenvalue weighted by atomic mass is 16.6. The van der Waals surface area contributed by atoms with Crippen LogP contribution in [0.5, 0.6) is 11.5 Å². The third kappa shape index (κ3) is 8.81. The molecule has 1 amide bonds. The lowest BCUT2D eigenvalue weighted by Gasteiger charge is -2.28. The Bertz CT molecular complexity index is 1100. The van der Waals surface area contributed by atoms with Crippen LogP contribution in [0.1, 0.15) is 24.5 Å². The molecule has 2 atom stereocenters. The smallest absolute Gasteiger partial charge is 0.412 e. The van der Waals surface area contributed by atoms with Crippen LogP contribution in [0, 0.1) is 0 Å². The second kappa shape index (κ2) is 14.2. The van der Waals surface area contributed by atoms with Gasteiger partial charge in [-0.15, -0.1) is 0 Å². The van der Waals surface area contributed by atoms with Gasteiger partial charge in [-0.2, -0.15) is 0 Å². The number of benzene rings is 3. The molecule has 0 saturated heterocycles. The monoisotopic (exact) mass is 491 g/mol. The Morgan fingerprint density at radius 1 is 0.889 bits per heavy atom. The van der Waals surface area contributed by atoms with E-state index in [9.17, 15) is 9.59 Å². The molecule has 3 N–H and O–H groups in total. The molecule has 0 aliphatic rings. The van der Waals surface area contributed by atoms with Crippen molar-refractivity contribution in [3.05, 3.63) is 103 Å². The summed E-state index contributed by atoms with van der Waals surface area (Å²) in [6, 6.07) is 25.0. The predicted octanol–water partition coefficient (Wildman–Crippen LogP) is 5.22. The van der Waals surface area contributed by atoms with Crippen LogP contribution >= 0.6 is 0 Å². The summed E-state index contributed by atoms with van der Waals surface area (Å²) >= 11 is 0. The molecule has 0 saturated carbocycles. The molecule has 0 aromatic heterocycles. The molecular formula is C28H29NO7. The van der Waals surface area contributed by atoms with E-state index in [2.05, 4.69) is 5.32 Å². The first-order chi connectivity index (χ1) is 17.5. The van der Waals surface area contributed by atoms with Crippen LogP contribution in [-0.2, 0) is 9.53 Å². The highest BCUT2D eigenvalue weighted by Crippen LogP contribution is 2.30. The summed E-state index contributed by atoms with van der Waals surface area (Å²) in [6.45, 7) is 0.0540. The summed E-state index contributed by atoms with van der Waals surface area (Å²) in [7, 11) is 0. The van der Waals surface area contributed by atoms with Gasteiger partial charge >= 0.3 is 12.1 Å². The number of nitrogens with one attached hydrogen (secondary N) is 1. The minimum Gasteiger partial charge on any atom is -0.491 e. The van der Waals surface area contributed by atoms with Crippen LogP contribution in [-0.4, -0.2) is 41.6 Å². The van der Waals surface area contributed by atoms with Crippen molar-refractivity contribution in [2.24, 2.45) is 0 Å². The molecule has 0 unspecified atom stereocenters. The number of aliphatic carboxylic acids is 1. The van der Waals surface area contributed by atoms with Gasteiger partial charge in [0.05, 0.1) is 6.61 Å². The summed E-state index contributed by atoms with van der Waals surface area (Å²) < 4.78 is 17.6. The fourth-order valence-electron chi connectivity index (χ4n) is 3.45. The van der Waals surface area contributed by atoms with Gasteiger partial charge in [0.1, 0.15) is 24.2 Å². The van der Waals surface area contributed by atoms with Gasteiger partial charge in [-0.1, -0.05) is 54.6 Å². The predicted molar refractivity (Wildman–Crippen MR) is 135 cm³/mol. The van der Waals surface area contributed by atoms with Crippen LogP contribution in [0.4, 0.5) is 10.5 Å². The van der Waals surface area contributed by atoms with Crippen molar-refractivity contribution in [1.29, 1.82) is 0 Å². The molecule has 36 heavy (non-hydrogen) atoms. The van der Waals surface area contributed by atoms with Gasteiger partial charge in [0, 0.05) is 11.8 Å². The van der Waals surface area contributed by atoms with Crippen LogP contribution in [0.2, 0.25) is 0 Å². The summed E-state index contributed by atoms with van der Waals surface area (Å²) in [5.74, 6) is 0.110. The molecular weight excluding hydrogens is 462 g/mol. The van der Waals surface area contributed by atoms with Gasteiger partial charge in [0.2, 0.25) is 0 Å². The average molecular weight is 492 g/mol. The molecule has 3 aromatic rings. The highest BCUT2D eigenvalue weighted by Gasteiger charge is 2.29. The maximum Gasteiger partial charge on any atom is 0.412 e. The van der Waals surface area contributed by atoms with Crippen molar-refractivity contribution < 1.29 is 34.0 Å². The molecule has 0 heterocycles. The zero-order chi connectivity index (χ0) is 25.6. The Labute approximate surface area is 209 Å². The molecule has 3 rings (SSSR count). The highest BCUT2D eigenvalue weighted by molar-refractivity contribution is 5.84. The molecule has 0 radical (unpaired) electrons. The van der Waals surface area contributed by atoms with Gasteiger partial charge in [-0.3, -0.25) is 5.32 Å². The molecule has 188 valence electrons. The van der Waals surface area contributed by atoms with E-state index in [1.165, 1.54) is 6.08 Å². The van der Waals surface area contributed by atoms with Crippen molar-refractivity contribution in [1.82, 2.24) is 0 Å². The Kier molecular flexibility index (Phi) is 10.4. The number of amides is 1. The molecule has 0 bridgehead atoms. The van der Waals surface area contributed by atoms with Crippen LogP contribution in [0.3, 0.4) is 0 Å². The summed E-state index contributed by atoms with van der Waals surface area (Å²) in [4.78, 5) is 23.7. The number of aliphatic hydroxyl groups excluding tert-OH is 1. The van der Waals surface area contributed by atoms with E-state index in [1.54, 1.807) is 60.7 Å². The number of carbonyl (C=O) groups excluding carboxylic acids is 1. The van der Waals surface area contributed by atoms with Gasteiger partial charge in [0.25, 0.3) is 0 Å². The summed E-state index contributed by atoms with van der Waals surface area (Å²) in [6.07, 6.45) is 1.28. The topological polar surface area (TPSA) is 114 Å². The van der Waals surface area contributed by atoms with Crippen LogP contribution in [0.15, 0.2) is 97.1 Å². The Balaban J connectivity index is 1.87. The first-order valence-electron chi connectivity index (χ1n) is 11.5. The Hall–Kier alpha value is -4.30. The zero-order valence-electron chi connectivity index (χ0n) is 19.7. The second-order valence-corrected chi connectivity index (χ2v) is 7.75. The number of rotatable bonds is 13. The SMILES string of the molecule is O=C(O)/C=C/CC[C@@H](Oc1ccccc1)[C@H](OC(=O)Nc1ccccc1)c1ccc(OCCO)cc1. The van der Waals surface area contributed by atoms with E-state index < -0.39 is 24.3 Å². The van der Waals surface area contributed by atoms with Gasteiger partial charge in [0.15, 0.2) is 6.10 Å². The summed E-state index contributed by atoms with van der Waals surface area (Å²) in [5.41, 5.74) is 1.25.